The molecule has 25 heavy (non-hydrogen) atoms. The molecule has 0 radical (unpaired) electrons. The van der Waals surface area contributed by atoms with Gasteiger partial charge in [0.2, 0.25) is 0 Å². The number of aromatic amines is 1. The van der Waals surface area contributed by atoms with Crippen LogP contribution in [0.5, 0.6) is 5.75 Å². The highest BCUT2D eigenvalue weighted by Crippen LogP contribution is 2.34. The summed E-state index contributed by atoms with van der Waals surface area (Å²) in [7, 11) is 0. The molecule has 0 amide bonds. The molecule has 0 saturated heterocycles. The Morgan fingerprint density at radius 2 is 2.12 bits per heavy atom. The number of H-pyrrole nitrogens is 1. The van der Waals surface area contributed by atoms with Crippen molar-refractivity contribution in [2.24, 2.45) is 0 Å². The Morgan fingerprint density at radius 3 is 2.96 bits per heavy atom. The van der Waals surface area contributed by atoms with E-state index in [-0.39, 0.29) is 5.56 Å². The number of fused-ring (bicyclic) bond motifs is 1. The Bertz CT molecular complexity index is 953. The molecule has 1 aromatic carbocycles. The van der Waals surface area contributed by atoms with Crippen LogP contribution in [-0.4, -0.2) is 15.2 Å². The molecule has 0 saturated carbocycles. The highest BCUT2D eigenvalue weighted by Gasteiger charge is 2.24. The largest absolute Gasteiger partial charge is 0.487 e. The smallest absolute Gasteiger partial charge is 0.269 e. The number of hydrogen-bond acceptors (Lipinski definition) is 5. The Hall–Kier alpha value is -3.15. The van der Waals surface area contributed by atoms with Crippen molar-refractivity contribution in [2.45, 2.75) is 26.6 Å². The van der Waals surface area contributed by atoms with Gasteiger partial charge in [-0.1, -0.05) is 18.2 Å². The van der Waals surface area contributed by atoms with Crippen LogP contribution in [0.15, 0.2) is 53.6 Å². The summed E-state index contributed by atoms with van der Waals surface area (Å²) in [4.78, 5) is 18.3. The Morgan fingerprint density at radius 1 is 1.20 bits per heavy atom. The lowest BCUT2D eigenvalue weighted by molar-refractivity contribution is 0.298. The number of rotatable bonds is 4. The normalized spacial score (nSPS) is 12.9. The maximum atomic E-state index is 11.8. The molecule has 6 heteroatoms. The molecule has 126 valence electrons. The fraction of sp³-hybridized carbons (Fsp3) is 0.211. The van der Waals surface area contributed by atoms with Crippen molar-refractivity contribution in [3.05, 3.63) is 81.5 Å². The minimum atomic E-state index is -0.153. The maximum absolute atomic E-state index is 11.8. The zero-order valence-electron chi connectivity index (χ0n) is 13.9. The average Bonchev–Trinajstić information content (AvgIpc) is 3.07. The summed E-state index contributed by atoms with van der Waals surface area (Å²) in [6.07, 6.45) is 3.47. The summed E-state index contributed by atoms with van der Waals surface area (Å²) in [6.45, 7) is 3.68. The van der Waals surface area contributed by atoms with E-state index < -0.39 is 0 Å². The first-order valence-electron chi connectivity index (χ1n) is 8.15. The van der Waals surface area contributed by atoms with Crippen molar-refractivity contribution >= 4 is 5.69 Å². The van der Waals surface area contributed by atoms with Gasteiger partial charge in [0.15, 0.2) is 0 Å². The maximum Gasteiger partial charge on any atom is 0.269 e. The van der Waals surface area contributed by atoms with Crippen molar-refractivity contribution in [3.63, 3.8) is 0 Å². The summed E-state index contributed by atoms with van der Waals surface area (Å²) in [5.41, 5.74) is 4.63. The van der Waals surface area contributed by atoms with Gasteiger partial charge in [0.05, 0.1) is 17.6 Å². The third-order valence-corrected chi connectivity index (χ3v) is 4.46. The van der Waals surface area contributed by atoms with Gasteiger partial charge in [-0.3, -0.25) is 9.78 Å². The van der Waals surface area contributed by atoms with E-state index in [1.54, 1.807) is 12.4 Å². The lowest BCUT2D eigenvalue weighted by atomic mass is 10.1. The van der Waals surface area contributed by atoms with Crippen molar-refractivity contribution in [3.8, 4) is 5.75 Å². The molecule has 0 fully saturated rings. The van der Waals surface area contributed by atoms with Crippen molar-refractivity contribution in [2.75, 3.05) is 4.90 Å². The Labute approximate surface area is 145 Å². The molecule has 1 aliphatic rings. The SMILES string of the molecule is Cc1c(N2Cc3cccc(OCc4ccccn4)c3C2)cn[nH]c1=O. The molecule has 0 unspecified atom stereocenters. The van der Waals surface area contributed by atoms with Gasteiger partial charge in [0, 0.05) is 30.4 Å². The molecule has 1 aliphatic heterocycles. The second-order valence-corrected chi connectivity index (χ2v) is 6.07. The summed E-state index contributed by atoms with van der Waals surface area (Å²) in [6, 6.07) is 11.9. The first kappa shape index (κ1) is 15.4. The molecule has 2 aromatic heterocycles. The van der Waals surface area contributed by atoms with Crippen LogP contribution in [0.25, 0.3) is 0 Å². The van der Waals surface area contributed by atoms with E-state index in [2.05, 4.69) is 26.1 Å². The van der Waals surface area contributed by atoms with Gasteiger partial charge in [-0.15, -0.1) is 0 Å². The van der Waals surface area contributed by atoms with Gasteiger partial charge in [0.25, 0.3) is 5.56 Å². The molecule has 0 aliphatic carbocycles. The molecule has 0 spiro atoms. The van der Waals surface area contributed by atoms with Gasteiger partial charge in [-0.25, -0.2) is 5.10 Å². The van der Waals surface area contributed by atoms with E-state index in [4.69, 9.17) is 4.74 Å². The number of pyridine rings is 1. The van der Waals surface area contributed by atoms with Crippen LogP contribution >= 0.6 is 0 Å². The van der Waals surface area contributed by atoms with E-state index in [0.29, 0.717) is 18.7 Å². The van der Waals surface area contributed by atoms with E-state index in [9.17, 15) is 4.79 Å². The highest BCUT2D eigenvalue weighted by molar-refractivity contribution is 5.57. The molecule has 4 rings (SSSR count). The number of hydrogen-bond donors (Lipinski definition) is 1. The summed E-state index contributed by atoms with van der Waals surface area (Å²) in [5.74, 6) is 0.862. The van der Waals surface area contributed by atoms with Gasteiger partial charge in [0.1, 0.15) is 12.4 Å². The second-order valence-electron chi connectivity index (χ2n) is 6.07. The number of nitrogens with one attached hydrogen (secondary N) is 1. The van der Waals surface area contributed by atoms with Gasteiger partial charge < -0.3 is 9.64 Å². The van der Waals surface area contributed by atoms with Gasteiger partial charge in [-0.05, 0) is 30.7 Å². The lowest BCUT2D eigenvalue weighted by Crippen LogP contribution is -2.21. The molecule has 0 bridgehead atoms. The topological polar surface area (TPSA) is 71.1 Å². The Kier molecular flexibility index (Phi) is 3.93. The minimum absolute atomic E-state index is 0.153. The molecule has 1 N–H and O–H groups in total. The number of nitrogens with zero attached hydrogens (tertiary/aromatic N) is 3. The monoisotopic (exact) mass is 334 g/mol. The molecular formula is C19H18N4O2. The van der Waals surface area contributed by atoms with E-state index >= 15 is 0 Å². The quantitative estimate of drug-likeness (QED) is 0.794. The molecule has 6 nitrogen and oxygen atoms in total. The minimum Gasteiger partial charge on any atom is -0.487 e. The van der Waals surface area contributed by atoms with Crippen molar-refractivity contribution < 1.29 is 4.74 Å². The van der Waals surface area contributed by atoms with Crippen LogP contribution in [-0.2, 0) is 19.7 Å². The van der Waals surface area contributed by atoms with Crippen LogP contribution in [0.3, 0.4) is 0 Å². The van der Waals surface area contributed by atoms with Gasteiger partial charge in [-0.2, -0.15) is 5.10 Å². The average molecular weight is 334 g/mol. The van der Waals surface area contributed by atoms with Crippen LogP contribution in [0.1, 0.15) is 22.4 Å². The first-order valence-corrected chi connectivity index (χ1v) is 8.15. The third-order valence-electron chi connectivity index (χ3n) is 4.46. The number of anilines is 1. The fourth-order valence-corrected chi connectivity index (χ4v) is 3.10. The summed E-state index contributed by atoms with van der Waals surface area (Å²) >= 11 is 0. The number of aromatic nitrogens is 3. The first-order chi connectivity index (χ1) is 12.2. The van der Waals surface area contributed by atoms with Gasteiger partial charge >= 0.3 is 0 Å². The molecule has 3 aromatic rings. The summed E-state index contributed by atoms with van der Waals surface area (Å²) < 4.78 is 6.00. The predicted molar refractivity (Wildman–Crippen MR) is 94.5 cm³/mol. The molecule has 3 heterocycles. The summed E-state index contributed by atoms with van der Waals surface area (Å²) in [5, 5.41) is 6.40. The Balaban J connectivity index is 1.57. The zero-order valence-corrected chi connectivity index (χ0v) is 13.9. The predicted octanol–water partition coefficient (Wildman–Crippen LogP) is 2.57. The van der Waals surface area contributed by atoms with Crippen LogP contribution < -0.4 is 15.2 Å². The lowest BCUT2D eigenvalue weighted by Gasteiger charge is -2.18. The highest BCUT2D eigenvalue weighted by atomic mass is 16.5. The van der Waals surface area contributed by atoms with E-state index in [1.807, 2.05) is 37.3 Å². The standard InChI is InChI=1S/C19H18N4O2/c1-13-17(9-21-22-19(13)24)23-10-14-5-4-7-18(16(14)11-23)25-12-15-6-2-3-8-20-15/h2-9H,10-12H2,1H3,(H,22,24). The second kappa shape index (κ2) is 6.39. The van der Waals surface area contributed by atoms with E-state index in [0.717, 1.165) is 29.2 Å². The van der Waals surface area contributed by atoms with Crippen LogP contribution in [0, 0.1) is 6.92 Å². The third kappa shape index (κ3) is 2.98. The number of ether oxygens (including phenoxy) is 1. The van der Waals surface area contributed by atoms with Crippen LogP contribution in [0.2, 0.25) is 0 Å². The molecule has 0 atom stereocenters. The fourth-order valence-electron chi connectivity index (χ4n) is 3.10. The van der Waals surface area contributed by atoms with Crippen molar-refractivity contribution in [1.82, 2.24) is 15.2 Å². The number of benzene rings is 1. The molecular weight excluding hydrogens is 316 g/mol. The zero-order chi connectivity index (χ0) is 17.2. The van der Waals surface area contributed by atoms with Crippen LogP contribution in [0.4, 0.5) is 5.69 Å². The van der Waals surface area contributed by atoms with Crippen molar-refractivity contribution in [1.29, 1.82) is 0 Å². The van der Waals surface area contributed by atoms with E-state index in [1.165, 1.54) is 5.56 Å².